The molecule has 3 heterocycles. The number of carbonyl (C=O) groups is 2. The first-order chi connectivity index (χ1) is 12.1. The van der Waals surface area contributed by atoms with Crippen molar-refractivity contribution < 1.29 is 9.59 Å². The Kier molecular flexibility index (Phi) is 4.64. The molecule has 2 aromatic rings. The number of thiophene rings is 1. The van der Waals surface area contributed by atoms with E-state index in [9.17, 15) is 9.59 Å². The van der Waals surface area contributed by atoms with E-state index >= 15 is 0 Å². The van der Waals surface area contributed by atoms with Crippen molar-refractivity contribution in [3.8, 4) is 0 Å². The fourth-order valence-corrected chi connectivity index (χ4v) is 5.95. The Morgan fingerprint density at radius 2 is 2.16 bits per heavy atom. The SMILES string of the molecule is NC(=O)[C@@H]1CCCCN1C(=O)CSc1ncnc2sc3c(c12)CCC3. The normalized spacial score (nSPS) is 20.0. The van der Waals surface area contributed by atoms with Gasteiger partial charge in [-0.1, -0.05) is 11.8 Å². The predicted molar refractivity (Wildman–Crippen MR) is 98.7 cm³/mol. The molecule has 0 radical (unpaired) electrons. The summed E-state index contributed by atoms with van der Waals surface area (Å²) in [7, 11) is 0. The van der Waals surface area contributed by atoms with Crippen LogP contribution in [0.2, 0.25) is 0 Å². The van der Waals surface area contributed by atoms with Crippen LogP contribution in [-0.2, 0) is 22.4 Å². The topological polar surface area (TPSA) is 89.2 Å². The first-order valence-electron chi connectivity index (χ1n) is 8.62. The fraction of sp³-hybridized carbons (Fsp3) is 0.529. The van der Waals surface area contributed by atoms with Crippen LogP contribution in [0, 0.1) is 0 Å². The van der Waals surface area contributed by atoms with Crippen LogP contribution in [0.3, 0.4) is 0 Å². The standard InChI is InChI=1S/C17H20N4O2S2/c18-15(23)11-5-1-2-7-21(11)13(22)8-24-16-14-10-4-3-6-12(10)25-17(14)20-9-19-16/h9,11H,1-8H2,(H2,18,23)/t11-/m0/s1. The molecule has 0 bridgehead atoms. The van der Waals surface area contributed by atoms with Gasteiger partial charge >= 0.3 is 0 Å². The van der Waals surface area contributed by atoms with Gasteiger partial charge in [0, 0.05) is 16.8 Å². The van der Waals surface area contributed by atoms with E-state index in [-0.39, 0.29) is 11.7 Å². The fourth-order valence-electron chi connectivity index (χ4n) is 3.75. The summed E-state index contributed by atoms with van der Waals surface area (Å²) in [5, 5.41) is 2.01. The molecule has 1 atom stereocenters. The van der Waals surface area contributed by atoms with E-state index in [1.165, 1.54) is 28.6 Å². The van der Waals surface area contributed by atoms with Crippen LogP contribution >= 0.6 is 23.1 Å². The number of amides is 2. The number of aryl methyl sites for hydroxylation is 2. The maximum absolute atomic E-state index is 12.7. The Balaban J connectivity index is 1.52. The predicted octanol–water partition coefficient (Wildman–Crippen LogP) is 2.14. The van der Waals surface area contributed by atoms with Crippen LogP contribution in [-0.4, -0.2) is 45.0 Å². The van der Waals surface area contributed by atoms with Crippen molar-refractivity contribution in [3.63, 3.8) is 0 Å². The van der Waals surface area contributed by atoms with Gasteiger partial charge in [-0.2, -0.15) is 0 Å². The number of fused-ring (bicyclic) bond motifs is 3. The van der Waals surface area contributed by atoms with Crippen LogP contribution < -0.4 is 5.73 Å². The minimum absolute atomic E-state index is 0.0351. The van der Waals surface area contributed by atoms with E-state index in [4.69, 9.17) is 5.73 Å². The Labute approximate surface area is 154 Å². The van der Waals surface area contributed by atoms with Gasteiger partial charge in [0.25, 0.3) is 0 Å². The second-order valence-electron chi connectivity index (χ2n) is 6.51. The monoisotopic (exact) mass is 376 g/mol. The number of nitrogens with zero attached hydrogens (tertiary/aromatic N) is 3. The minimum atomic E-state index is -0.460. The number of rotatable bonds is 4. The lowest BCUT2D eigenvalue weighted by Gasteiger charge is -2.33. The summed E-state index contributed by atoms with van der Waals surface area (Å²) in [4.78, 5) is 37.2. The van der Waals surface area contributed by atoms with E-state index < -0.39 is 11.9 Å². The highest BCUT2D eigenvalue weighted by atomic mass is 32.2. The molecule has 0 spiro atoms. The highest BCUT2D eigenvalue weighted by Gasteiger charge is 2.30. The van der Waals surface area contributed by atoms with Crippen molar-refractivity contribution in [1.29, 1.82) is 0 Å². The van der Waals surface area contributed by atoms with Crippen LogP contribution in [0.4, 0.5) is 0 Å². The number of hydrogen-bond acceptors (Lipinski definition) is 6. The third-order valence-electron chi connectivity index (χ3n) is 4.95. The largest absolute Gasteiger partial charge is 0.368 e. The quantitative estimate of drug-likeness (QED) is 0.652. The highest BCUT2D eigenvalue weighted by molar-refractivity contribution is 8.00. The number of carbonyl (C=O) groups excluding carboxylic acids is 2. The summed E-state index contributed by atoms with van der Waals surface area (Å²) in [6.07, 6.45) is 7.49. The van der Waals surface area contributed by atoms with Crippen LogP contribution in [0.25, 0.3) is 10.2 Å². The van der Waals surface area contributed by atoms with Crippen molar-refractivity contribution in [2.24, 2.45) is 5.73 Å². The maximum atomic E-state index is 12.7. The zero-order valence-electron chi connectivity index (χ0n) is 13.9. The summed E-state index contributed by atoms with van der Waals surface area (Å²) < 4.78 is 0. The number of likely N-dealkylation sites (tertiary alicyclic amines) is 1. The van der Waals surface area contributed by atoms with Gasteiger partial charge in [-0.15, -0.1) is 11.3 Å². The van der Waals surface area contributed by atoms with Crippen molar-refractivity contribution >= 4 is 45.1 Å². The number of nitrogens with two attached hydrogens (primary N) is 1. The summed E-state index contributed by atoms with van der Waals surface area (Å²) in [5.41, 5.74) is 6.83. The van der Waals surface area contributed by atoms with Crippen LogP contribution in [0.15, 0.2) is 11.4 Å². The second-order valence-corrected chi connectivity index (χ2v) is 8.55. The molecule has 2 aliphatic rings. The molecule has 2 N–H and O–H groups in total. The van der Waals surface area contributed by atoms with E-state index in [2.05, 4.69) is 9.97 Å². The third kappa shape index (κ3) is 3.13. The maximum Gasteiger partial charge on any atom is 0.240 e. The van der Waals surface area contributed by atoms with Gasteiger partial charge in [0.2, 0.25) is 11.8 Å². The Morgan fingerprint density at radius 1 is 1.28 bits per heavy atom. The summed E-state index contributed by atoms with van der Waals surface area (Å²) in [6.45, 7) is 0.611. The molecule has 2 amide bonds. The Morgan fingerprint density at radius 3 is 3.00 bits per heavy atom. The highest BCUT2D eigenvalue weighted by Crippen LogP contribution is 2.40. The van der Waals surface area contributed by atoms with Crippen LogP contribution in [0.5, 0.6) is 0 Å². The number of primary amides is 1. The molecule has 6 nitrogen and oxygen atoms in total. The smallest absolute Gasteiger partial charge is 0.240 e. The van der Waals surface area contributed by atoms with Crippen molar-refractivity contribution in [2.75, 3.05) is 12.3 Å². The van der Waals surface area contributed by atoms with Gasteiger partial charge in [-0.25, -0.2) is 9.97 Å². The van der Waals surface area contributed by atoms with Gasteiger partial charge in [-0.3, -0.25) is 9.59 Å². The van der Waals surface area contributed by atoms with Gasteiger partial charge in [0.05, 0.1) is 5.75 Å². The van der Waals surface area contributed by atoms with Crippen molar-refractivity contribution in [2.45, 2.75) is 49.6 Å². The molecule has 1 aliphatic heterocycles. The van der Waals surface area contributed by atoms with E-state index in [1.807, 2.05) is 0 Å². The first kappa shape index (κ1) is 16.8. The zero-order valence-corrected chi connectivity index (χ0v) is 15.5. The average Bonchev–Trinajstić information content (AvgIpc) is 3.20. The molecule has 4 rings (SSSR count). The molecule has 1 saturated heterocycles. The number of piperidine rings is 1. The van der Waals surface area contributed by atoms with Gasteiger partial charge < -0.3 is 10.6 Å². The molecular weight excluding hydrogens is 356 g/mol. The van der Waals surface area contributed by atoms with Gasteiger partial charge in [0.1, 0.15) is 22.2 Å². The van der Waals surface area contributed by atoms with Crippen molar-refractivity contribution in [1.82, 2.24) is 14.9 Å². The zero-order chi connectivity index (χ0) is 17.4. The van der Waals surface area contributed by atoms with Gasteiger partial charge in [0.15, 0.2) is 0 Å². The molecule has 1 fully saturated rings. The summed E-state index contributed by atoms with van der Waals surface area (Å²) >= 11 is 3.19. The lowest BCUT2D eigenvalue weighted by atomic mass is 10.0. The van der Waals surface area contributed by atoms with E-state index in [0.29, 0.717) is 13.0 Å². The van der Waals surface area contributed by atoms with Crippen LogP contribution in [0.1, 0.15) is 36.1 Å². The first-order valence-corrected chi connectivity index (χ1v) is 10.4. The van der Waals surface area contributed by atoms with E-state index in [1.54, 1.807) is 22.6 Å². The third-order valence-corrected chi connectivity index (χ3v) is 7.12. The molecular formula is C17H20N4O2S2. The number of hydrogen-bond donors (Lipinski definition) is 1. The molecule has 2 aromatic heterocycles. The van der Waals surface area contributed by atoms with E-state index in [0.717, 1.165) is 40.9 Å². The molecule has 0 unspecified atom stereocenters. The lowest BCUT2D eigenvalue weighted by Crippen LogP contribution is -2.51. The molecule has 8 heteroatoms. The molecule has 0 saturated carbocycles. The summed E-state index contributed by atoms with van der Waals surface area (Å²) in [5.74, 6) is -0.161. The molecule has 0 aromatic carbocycles. The minimum Gasteiger partial charge on any atom is -0.368 e. The Hall–Kier alpha value is -1.67. The second kappa shape index (κ2) is 6.92. The number of aromatic nitrogens is 2. The lowest BCUT2D eigenvalue weighted by molar-refractivity contribution is -0.138. The molecule has 132 valence electrons. The average molecular weight is 377 g/mol. The number of thioether (sulfide) groups is 1. The molecule has 1 aliphatic carbocycles. The summed E-state index contributed by atoms with van der Waals surface area (Å²) in [6, 6.07) is -0.460. The Bertz CT molecular complexity index is 835. The van der Waals surface area contributed by atoms with Gasteiger partial charge in [-0.05, 0) is 44.1 Å². The van der Waals surface area contributed by atoms with Crippen molar-refractivity contribution in [3.05, 3.63) is 16.8 Å². The molecule has 25 heavy (non-hydrogen) atoms.